The van der Waals surface area contributed by atoms with E-state index >= 15 is 0 Å². The number of thioether (sulfide) groups is 1. The summed E-state index contributed by atoms with van der Waals surface area (Å²) in [4.78, 5) is 8.45. The van der Waals surface area contributed by atoms with Gasteiger partial charge in [0.25, 0.3) is 0 Å². The largest absolute Gasteiger partial charge is 0.446 e. The molecule has 0 unspecified atom stereocenters. The van der Waals surface area contributed by atoms with E-state index in [2.05, 4.69) is 25.9 Å². The number of anilines is 1. The molecule has 20 heavy (non-hydrogen) atoms. The number of nitrogen functional groups attached to an aromatic ring is 1. The Morgan fingerprint density at radius 1 is 1.15 bits per heavy atom. The summed E-state index contributed by atoms with van der Waals surface area (Å²) < 4.78 is 37.3. The van der Waals surface area contributed by atoms with Crippen molar-refractivity contribution in [1.29, 1.82) is 0 Å². The first-order valence-electron chi connectivity index (χ1n) is 5.42. The fourth-order valence-electron chi connectivity index (χ4n) is 1.52. The predicted molar refractivity (Wildman–Crippen MR) is 76.2 cm³/mol. The SMILES string of the molecule is Cc1nc(-c2ccc(SC(F)(F)F)cc2)nc(N)c1Br. The van der Waals surface area contributed by atoms with Crippen LogP contribution in [-0.2, 0) is 0 Å². The zero-order valence-corrected chi connectivity index (χ0v) is 12.6. The summed E-state index contributed by atoms with van der Waals surface area (Å²) in [5.41, 5.74) is 2.70. The quantitative estimate of drug-likeness (QED) is 0.803. The molecule has 1 aromatic heterocycles. The van der Waals surface area contributed by atoms with Gasteiger partial charge in [0.05, 0.1) is 10.2 Å². The van der Waals surface area contributed by atoms with Crippen molar-refractivity contribution in [2.24, 2.45) is 0 Å². The second kappa shape index (κ2) is 5.61. The lowest BCUT2D eigenvalue weighted by Gasteiger charge is -2.08. The molecule has 0 spiro atoms. The third kappa shape index (κ3) is 3.63. The second-order valence-corrected chi connectivity index (χ2v) is 5.84. The van der Waals surface area contributed by atoms with E-state index in [-0.39, 0.29) is 16.7 Å². The van der Waals surface area contributed by atoms with E-state index < -0.39 is 5.51 Å². The summed E-state index contributed by atoms with van der Waals surface area (Å²) in [5.74, 6) is 0.674. The summed E-state index contributed by atoms with van der Waals surface area (Å²) in [6.45, 7) is 1.76. The minimum atomic E-state index is -4.29. The van der Waals surface area contributed by atoms with Gasteiger partial charge in [-0.25, -0.2) is 9.97 Å². The molecule has 2 rings (SSSR count). The minimum absolute atomic E-state index is 0.114. The first-order chi connectivity index (χ1) is 9.26. The molecule has 3 nitrogen and oxygen atoms in total. The van der Waals surface area contributed by atoms with Crippen LogP contribution in [0.5, 0.6) is 0 Å². The van der Waals surface area contributed by atoms with Crippen molar-refractivity contribution >= 4 is 33.5 Å². The van der Waals surface area contributed by atoms with Crippen molar-refractivity contribution in [3.63, 3.8) is 0 Å². The number of nitrogens with zero attached hydrogens (tertiary/aromatic N) is 2. The maximum absolute atomic E-state index is 12.2. The molecule has 0 saturated heterocycles. The highest BCUT2D eigenvalue weighted by atomic mass is 79.9. The molecule has 0 saturated carbocycles. The smallest absolute Gasteiger partial charge is 0.383 e. The molecule has 0 fully saturated rings. The van der Waals surface area contributed by atoms with E-state index in [0.717, 1.165) is 0 Å². The van der Waals surface area contributed by atoms with Crippen molar-refractivity contribution in [1.82, 2.24) is 9.97 Å². The van der Waals surface area contributed by atoms with E-state index in [9.17, 15) is 13.2 Å². The molecular weight excluding hydrogens is 355 g/mol. The van der Waals surface area contributed by atoms with Gasteiger partial charge in [-0.1, -0.05) is 12.1 Å². The molecule has 106 valence electrons. The van der Waals surface area contributed by atoms with Gasteiger partial charge in [-0.2, -0.15) is 13.2 Å². The number of rotatable bonds is 2. The van der Waals surface area contributed by atoms with Crippen LogP contribution in [0.25, 0.3) is 11.4 Å². The Kier molecular flexibility index (Phi) is 4.24. The van der Waals surface area contributed by atoms with Crippen LogP contribution in [0.3, 0.4) is 0 Å². The fourth-order valence-corrected chi connectivity index (χ4v) is 2.23. The molecule has 0 aliphatic carbocycles. The number of benzene rings is 1. The van der Waals surface area contributed by atoms with E-state index in [1.54, 1.807) is 6.92 Å². The van der Waals surface area contributed by atoms with Gasteiger partial charge in [0, 0.05) is 10.5 Å². The topological polar surface area (TPSA) is 51.8 Å². The van der Waals surface area contributed by atoms with Crippen LogP contribution in [0.1, 0.15) is 5.69 Å². The highest BCUT2D eigenvalue weighted by molar-refractivity contribution is 9.10. The molecule has 1 heterocycles. The highest BCUT2D eigenvalue weighted by Gasteiger charge is 2.29. The first-order valence-corrected chi connectivity index (χ1v) is 7.03. The average Bonchev–Trinajstić information content (AvgIpc) is 2.34. The Bertz CT molecular complexity index is 606. The standard InChI is InChI=1S/C12H9BrF3N3S/c1-6-9(13)10(17)19-11(18-6)7-2-4-8(5-3-7)20-12(14,15)16/h2-5H,1H3,(H2,17,18,19). The summed E-state index contributed by atoms with van der Waals surface area (Å²) in [7, 11) is 0. The lowest BCUT2D eigenvalue weighted by molar-refractivity contribution is -0.0328. The number of hydrogen-bond acceptors (Lipinski definition) is 4. The normalized spacial score (nSPS) is 11.7. The van der Waals surface area contributed by atoms with Gasteiger partial charge in [-0.15, -0.1) is 0 Å². The molecule has 0 amide bonds. The van der Waals surface area contributed by atoms with E-state index in [0.29, 0.717) is 27.4 Å². The molecule has 0 radical (unpaired) electrons. The zero-order chi connectivity index (χ0) is 14.9. The van der Waals surface area contributed by atoms with Crippen molar-refractivity contribution in [2.75, 3.05) is 5.73 Å². The average molecular weight is 364 g/mol. The molecular formula is C12H9BrF3N3S. The summed E-state index contributed by atoms with van der Waals surface area (Å²) >= 11 is 3.09. The van der Waals surface area contributed by atoms with Crippen LogP contribution in [0.15, 0.2) is 33.6 Å². The van der Waals surface area contributed by atoms with Gasteiger partial charge in [0.2, 0.25) is 0 Å². The first kappa shape index (κ1) is 15.1. The maximum atomic E-state index is 12.2. The Morgan fingerprint density at radius 2 is 1.75 bits per heavy atom. The van der Waals surface area contributed by atoms with Gasteiger partial charge in [0.15, 0.2) is 5.82 Å². The number of hydrogen-bond donors (Lipinski definition) is 1. The third-order valence-corrected chi connectivity index (χ3v) is 4.11. The number of nitrogens with two attached hydrogens (primary N) is 1. The summed E-state index contributed by atoms with van der Waals surface area (Å²) in [6.07, 6.45) is 0. The minimum Gasteiger partial charge on any atom is -0.383 e. The maximum Gasteiger partial charge on any atom is 0.446 e. The number of halogens is 4. The second-order valence-electron chi connectivity index (χ2n) is 3.90. The predicted octanol–water partition coefficient (Wildman–Crippen LogP) is 4.41. The van der Waals surface area contributed by atoms with Crippen molar-refractivity contribution < 1.29 is 13.2 Å². The number of alkyl halides is 3. The fraction of sp³-hybridized carbons (Fsp3) is 0.167. The van der Waals surface area contributed by atoms with Crippen LogP contribution >= 0.6 is 27.7 Å². The van der Waals surface area contributed by atoms with E-state index in [4.69, 9.17) is 5.73 Å². The Balaban J connectivity index is 2.31. The molecule has 2 aromatic rings. The molecule has 0 aliphatic rings. The van der Waals surface area contributed by atoms with Crippen molar-refractivity contribution in [3.05, 3.63) is 34.4 Å². The molecule has 1 aromatic carbocycles. The Morgan fingerprint density at radius 3 is 2.25 bits per heavy atom. The molecule has 0 aliphatic heterocycles. The van der Waals surface area contributed by atoms with Gasteiger partial charge in [-0.05, 0) is 46.7 Å². The number of aromatic nitrogens is 2. The molecule has 8 heteroatoms. The monoisotopic (exact) mass is 363 g/mol. The van der Waals surface area contributed by atoms with Gasteiger partial charge in [0.1, 0.15) is 5.82 Å². The lowest BCUT2D eigenvalue weighted by atomic mass is 10.2. The van der Waals surface area contributed by atoms with Gasteiger partial charge >= 0.3 is 5.51 Å². The Labute approximate surface area is 125 Å². The zero-order valence-electron chi connectivity index (χ0n) is 10.2. The molecule has 2 N–H and O–H groups in total. The van der Waals surface area contributed by atoms with E-state index in [1.807, 2.05) is 0 Å². The molecule has 0 atom stereocenters. The Hall–Kier alpha value is -1.28. The summed E-state index contributed by atoms with van der Waals surface area (Å²) in [6, 6.07) is 5.83. The molecule has 0 bridgehead atoms. The summed E-state index contributed by atoms with van der Waals surface area (Å²) in [5, 5.41) is 0. The lowest BCUT2D eigenvalue weighted by Crippen LogP contribution is -2.00. The van der Waals surface area contributed by atoms with Gasteiger partial charge in [-0.3, -0.25) is 0 Å². The van der Waals surface area contributed by atoms with Crippen LogP contribution in [0.2, 0.25) is 0 Å². The van der Waals surface area contributed by atoms with Crippen LogP contribution in [-0.4, -0.2) is 15.5 Å². The van der Waals surface area contributed by atoms with Crippen LogP contribution < -0.4 is 5.73 Å². The highest BCUT2D eigenvalue weighted by Crippen LogP contribution is 2.37. The van der Waals surface area contributed by atoms with Crippen molar-refractivity contribution in [2.45, 2.75) is 17.3 Å². The third-order valence-electron chi connectivity index (χ3n) is 2.39. The van der Waals surface area contributed by atoms with Crippen LogP contribution in [0, 0.1) is 6.92 Å². The van der Waals surface area contributed by atoms with E-state index in [1.165, 1.54) is 24.3 Å². The number of aryl methyl sites for hydroxylation is 1. The van der Waals surface area contributed by atoms with Gasteiger partial charge < -0.3 is 5.73 Å². The van der Waals surface area contributed by atoms with Crippen LogP contribution in [0.4, 0.5) is 19.0 Å². The van der Waals surface area contributed by atoms with Crippen molar-refractivity contribution in [3.8, 4) is 11.4 Å².